The fraction of sp³-hybridized carbons (Fsp3) is 0.0909. The number of hydrogen-bond acceptors (Lipinski definition) is 5. The van der Waals surface area contributed by atoms with E-state index in [0.29, 0.717) is 27.3 Å². The van der Waals surface area contributed by atoms with E-state index in [4.69, 9.17) is 16.3 Å². The highest BCUT2D eigenvalue weighted by Crippen LogP contribution is 2.48. The lowest BCUT2D eigenvalue weighted by atomic mass is 9.85. The highest BCUT2D eigenvalue weighted by molar-refractivity contribution is 6.30. The van der Waals surface area contributed by atoms with Gasteiger partial charge < -0.3 is 20.1 Å². The summed E-state index contributed by atoms with van der Waals surface area (Å²) in [4.78, 5) is 14.8. The summed E-state index contributed by atoms with van der Waals surface area (Å²) in [5.41, 5.74) is 2.34. The minimum Gasteiger partial charge on any atom is -0.507 e. The average Bonchev–Trinajstić information content (AvgIpc) is 3.12. The smallest absolute Gasteiger partial charge is 0.317 e. The number of H-pyrrole nitrogens is 1. The lowest BCUT2D eigenvalue weighted by Crippen LogP contribution is -2.27. The first-order valence-electron chi connectivity index (χ1n) is 9.25. The fourth-order valence-corrected chi connectivity index (χ4v) is 4.31. The molecule has 0 aliphatic carbocycles. The second kappa shape index (κ2) is 6.67. The van der Waals surface area contributed by atoms with Crippen LogP contribution >= 0.6 is 11.6 Å². The molecule has 0 amide bonds. The number of hydrogen-bond donors (Lipinski definition) is 3. The third-order valence-corrected chi connectivity index (χ3v) is 5.65. The molecule has 0 bridgehead atoms. The van der Waals surface area contributed by atoms with Gasteiger partial charge in [0.2, 0.25) is 0 Å². The van der Waals surface area contributed by atoms with E-state index in [1.54, 1.807) is 31.3 Å². The number of para-hydroxylation sites is 1. The summed E-state index contributed by atoms with van der Waals surface area (Å²) in [7, 11) is 1.56. The van der Waals surface area contributed by atoms with Crippen molar-refractivity contribution < 1.29 is 14.8 Å². The second-order valence-electron chi connectivity index (χ2n) is 7.04. The average molecular weight is 422 g/mol. The number of fused-ring (bicyclic) bond motifs is 4. The number of nitrogens with one attached hydrogen (secondary N) is 2. The van der Waals surface area contributed by atoms with Gasteiger partial charge in [-0.25, -0.2) is 0 Å². The molecule has 7 nitrogen and oxygen atoms in total. The Morgan fingerprint density at radius 1 is 1.13 bits per heavy atom. The Morgan fingerprint density at radius 3 is 2.70 bits per heavy atom. The zero-order valence-corrected chi connectivity index (χ0v) is 16.5. The van der Waals surface area contributed by atoms with Crippen molar-refractivity contribution in [1.82, 2.24) is 10.3 Å². The van der Waals surface area contributed by atoms with Gasteiger partial charge >= 0.3 is 5.70 Å². The number of phenols is 1. The van der Waals surface area contributed by atoms with E-state index >= 15 is 0 Å². The van der Waals surface area contributed by atoms with Gasteiger partial charge in [0.05, 0.1) is 10.4 Å². The van der Waals surface area contributed by atoms with E-state index in [2.05, 4.69) is 10.3 Å². The first-order chi connectivity index (χ1) is 14.5. The standard InChI is InChI=1S/C22H16ClN3O4/c1-24-22-20(26(28)29)18(14-10-11(23)6-9-17(14)30-22)13-7-8-16-19(21(13)27)12-4-2-3-5-15(12)25-16/h2-10,18,24-25,27H,1H3. The van der Waals surface area contributed by atoms with Crippen molar-refractivity contribution in [1.29, 1.82) is 0 Å². The van der Waals surface area contributed by atoms with Crippen molar-refractivity contribution in [2.24, 2.45) is 0 Å². The van der Waals surface area contributed by atoms with E-state index < -0.39 is 10.8 Å². The highest BCUT2D eigenvalue weighted by atomic mass is 35.5. The van der Waals surface area contributed by atoms with E-state index in [-0.39, 0.29) is 17.3 Å². The lowest BCUT2D eigenvalue weighted by Gasteiger charge is -2.26. The van der Waals surface area contributed by atoms with Crippen LogP contribution in [0, 0.1) is 10.1 Å². The van der Waals surface area contributed by atoms with Crippen LogP contribution in [0.15, 0.2) is 66.2 Å². The van der Waals surface area contributed by atoms with Crippen molar-refractivity contribution in [3.05, 3.63) is 92.4 Å². The maximum absolute atomic E-state index is 12.0. The Balaban J connectivity index is 1.85. The fourth-order valence-electron chi connectivity index (χ4n) is 4.13. The quantitative estimate of drug-likeness (QED) is 0.323. The number of nitro groups is 1. The van der Waals surface area contributed by atoms with Gasteiger partial charge in [0.25, 0.3) is 5.88 Å². The summed E-state index contributed by atoms with van der Waals surface area (Å²) in [5.74, 6) is -0.420. The summed E-state index contributed by atoms with van der Waals surface area (Å²) >= 11 is 6.20. The number of benzene rings is 3. The number of phenolic OH excluding ortho intramolecular Hbond substituents is 1. The van der Waals surface area contributed by atoms with E-state index in [1.807, 2.05) is 30.3 Å². The summed E-state index contributed by atoms with van der Waals surface area (Å²) < 4.78 is 5.72. The molecular formula is C22H16ClN3O4. The summed E-state index contributed by atoms with van der Waals surface area (Å²) in [6, 6.07) is 16.1. The molecule has 150 valence electrons. The van der Waals surface area contributed by atoms with Crippen LogP contribution in [0.2, 0.25) is 5.02 Å². The zero-order valence-electron chi connectivity index (χ0n) is 15.8. The zero-order chi connectivity index (χ0) is 21.0. The molecular weight excluding hydrogens is 406 g/mol. The molecule has 1 aromatic heterocycles. The first-order valence-corrected chi connectivity index (χ1v) is 9.63. The van der Waals surface area contributed by atoms with Gasteiger partial charge in [0.1, 0.15) is 17.4 Å². The molecule has 1 aliphatic heterocycles. The largest absolute Gasteiger partial charge is 0.507 e. The Morgan fingerprint density at radius 2 is 1.93 bits per heavy atom. The number of aromatic hydroxyl groups is 1. The van der Waals surface area contributed by atoms with Gasteiger partial charge in [0, 0.05) is 39.5 Å². The summed E-state index contributed by atoms with van der Waals surface area (Å²) in [6.45, 7) is 0. The highest BCUT2D eigenvalue weighted by Gasteiger charge is 2.41. The van der Waals surface area contributed by atoms with Gasteiger partial charge in [0.15, 0.2) is 0 Å². The monoisotopic (exact) mass is 421 g/mol. The van der Waals surface area contributed by atoms with Crippen LogP contribution in [-0.2, 0) is 0 Å². The van der Waals surface area contributed by atoms with Gasteiger partial charge in [-0.15, -0.1) is 0 Å². The molecule has 4 aromatic rings. The first kappa shape index (κ1) is 18.3. The maximum Gasteiger partial charge on any atom is 0.317 e. The molecule has 5 rings (SSSR count). The predicted octanol–water partition coefficient (Wildman–Crippen LogP) is 4.87. The second-order valence-corrected chi connectivity index (χ2v) is 7.47. The molecule has 3 aromatic carbocycles. The van der Waals surface area contributed by atoms with Crippen molar-refractivity contribution in [3.63, 3.8) is 0 Å². The Kier molecular flexibility index (Phi) is 4.08. The molecule has 0 spiro atoms. The van der Waals surface area contributed by atoms with Gasteiger partial charge in [-0.2, -0.15) is 0 Å². The van der Waals surface area contributed by atoms with Gasteiger partial charge in [-0.05, 0) is 30.3 Å². The SMILES string of the molecule is CNC1=C([N+](=O)[O-])C(c2ccc3[nH]c4ccccc4c3c2O)c2cc(Cl)ccc2O1. The maximum atomic E-state index is 12.0. The minimum atomic E-state index is -0.872. The molecule has 1 unspecified atom stereocenters. The molecule has 0 radical (unpaired) electrons. The van der Waals surface area contributed by atoms with Crippen LogP contribution in [0.4, 0.5) is 0 Å². The van der Waals surface area contributed by atoms with Crippen molar-refractivity contribution in [2.75, 3.05) is 7.05 Å². The van der Waals surface area contributed by atoms with Crippen molar-refractivity contribution in [2.45, 2.75) is 5.92 Å². The summed E-state index contributed by atoms with van der Waals surface area (Å²) in [6.07, 6.45) is 0. The molecule has 1 atom stereocenters. The van der Waals surface area contributed by atoms with Crippen molar-refractivity contribution in [3.8, 4) is 11.5 Å². The number of nitrogens with zero attached hydrogens (tertiary/aromatic N) is 1. The topological polar surface area (TPSA) is 100 Å². The van der Waals surface area contributed by atoms with Crippen LogP contribution in [0.1, 0.15) is 17.0 Å². The Bertz CT molecular complexity index is 1380. The number of ether oxygens (including phenoxy) is 1. The number of rotatable bonds is 3. The molecule has 2 heterocycles. The van der Waals surface area contributed by atoms with Crippen LogP contribution in [0.25, 0.3) is 21.8 Å². The third kappa shape index (κ3) is 2.59. The van der Waals surface area contributed by atoms with Crippen LogP contribution in [0.3, 0.4) is 0 Å². The number of allylic oxidation sites excluding steroid dienone is 1. The van der Waals surface area contributed by atoms with Crippen LogP contribution < -0.4 is 10.1 Å². The molecule has 30 heavy (non-hydrogen) atoms. The van der Waals surface area contributed by atoms with Crippen molar-refractivity contribution >= 4 is 33.4 Å². The summed E-state index contributed by atoms with van der Waals surface area (Å²) in [5, 5.41) is 28.0. The molecule has 0 saturated carbocycles. The van der Waals surface area contributed by atoms with Gasteiger partial charge in [-0.3, -0.25) is 10.1 Å². The van der Waals surface area contributed by atoms with E-state index in [9.17, 15) is 15.2 Å². The van der Waals surface area contributed by atoms with E-state index in [1.165, 1.54) is 0 Å². The number of halogens is 1. The minimum absolute atomic E-state index is 0.0161. The molecule has 0 saturated heterocycles. The molecule has 8 heteroatoms. The Labute approximate surface area is 175 Å². The third-order valence-electron chi connectivity index (χ3n) is 5.41. The molecule has 1 aliphatic rings. The molecule has 3 N–H and O–H groups in total. The molecule has 0 fully saturated rings. The number of aromatic nitrogens is 1. The van der Waals surface area contributed by atoms with Crippen LogP contribution in [-0.4, -0.2) is 22.1 Å². The lowest BCUT2D eigenvalue weighted by molar-refractivity contribution is -0.432. The number of aromatic amines is 1. The van der Waals surface area contributed by atoms with Gasteiger partial charge in [-0.1, -0.05) is 35.9 Å². The normalized spacial score (nSPS) is 15.9. The van der Waals surface area contributed by atoms with Crippen LogP contribution in [0.5, 0.6) is 11.5 Å². The predicted molar refractivity (Wildman–Crippen MR) is 114 cm³/mol. The van der Waals surface area contributed by atoms with E-state index in [0.717, 1.165) is 16.4 Å². The Hall–Kier alpha value is -3.71.